The zero-order chi connectivity index (χ0) is 15.0. The lowest BCUT2D eigenvalue weighted by Crippen LogP contribution is -2.44. The van der Waals surface area contributed by atoms with Gasteiger partial charge in [0.25, 0.3) is 0 Å². The van der Waals surface area contributed by atoms with Gasteiger partial charge in [-0.05, 0) is 57.0 Å². The molecule has 118 valence electrons. The molecule has 0 amide bonds. The third-order valence-electron chi connectivity index (χ3n) is 5.24. The molecule has 4 nitrogen and oxygen atoms in total. The Bertz CT molecular complexity index is 503. The minimum atomic E-state index is -0.408. The van der Waals surface area contributed by atoms with Gasteiger partial charge in [-0.15, -0.1) is 0 Å². The fourth-order valence-electron chi connectivity index (χ4n) is 3.88. The highest BCUT2D eigenvalue weighted by molar-refractivity contribution is 7.99. The van der Waals surface area contributed by atoms with Crippen LogP contribution in [-0.4, -0.2) is 38.6 Å². The van der Waals surface area contributed by atoms with Crippen LogP contribution in [-0.2, 0) is 11.8 Å². The molecule has 1 aromatic rings. The van der Waals surface area contributed by atoms with Gasteiger partial charge < -0.3 is 9.84 Å². The predicted molar refractivity (Wildman–Crippen MR) is 85.6 cm³/mol. The van der Waals surface area contributed by atoms with Crippen molar-refractivity contribution in [1.29, 1.82) is 0 Å². The van der Waals surface area contributed by atoms with Gasteiger partial charge in [0.1, 0.15) is 0 Å². The van der Waals surface area contributed by atoms with Gasteiger partial charge in [0.2, 0.25) is 0 Å². The van der Waals surface area contributed by atoms with Crippen LogP contribution < -0.4 is 0 Å². The second-order valence-electron chi connectivity index (χ2n) is 6.55. The number of hydrogen-bond acceptors (Lipinski definition) is 4. The van der Waals surface area contributed by atoms with Crippen LogP contribution in [0.15, 0.2) is 0 Å². The number of aliphatic hydroxyl groups excluding tert-OH is 1. The highest BCUT2D eigenvalue weighted by Gasteiger charge is 2.41. The maximum atomic E-state index is 10.9. The van der Waals surface area contributed by atoms with Gasteiger partial charge in [0, 0.05) is 24.9 Å². The highest BCUT2D eigenvalue weighted by Crippen LogP contribution is 2.44. The molecular formula is C16H26N2O2S. The van der Waals surface area contributed by atoms with Crippen molar-refractivity contribution in [2.45, 2.75) is 51.2 Å². The summed E-state index contributed by atoms with van der Waals surface area (Å²) in [4.78, 5) is 0. The van der Waals surface area contributed by atoms with E-state index in [1.165, 1.54) is 11.5 Å². The van der Waals surface area contributed by atoms with E-state index in [9.17, 15) is 5.11 Å². The number of nitrogens with zero attached hydrogens (tertiary/aromatic N) is 2. The van der Waals surface area contributed by atoms with Crippen LogP contribution in [0.2, 0.25) is 0 Å². The van der Waals surface area contributed by atoms with E-state index in [1.807, 2.05) is 37.3 Å². The fraction of sp³-hybridized carbons (Fsp3) is 0.812. The zero-order valence-electron chi connectivity index (χ0n) is 13.3. The van der Waals surface area contributed by atoms with Gasteiger partial charge in [0.05, 0.1) is 17.4 Å². The number of thioether (sulfide) groups is 1. The predicted octanol–water partition coefficient (Wildman–Crippen LogP) is 2.76. The van der Waals surface area contributed by atoms with Gasteiger partial charge >= 0.3 is 0 Å². The molecule has 2 saturated heterocycles. The SMILES string of the molecule is Cc1nn(C)c(C)c1C(O)C1CCOC2(CCSCC2)C1. The summed E-state index contributed by atoms with van der Waals surface area (Å²) in [6.45, 7) is 4.83. The average Bonchev–Trinajstić information content (AvgIpc) is 2.72. The Hall–Kier alpha value is -0.520. The van der Waals surface area contributed by atoms with Crippen LogP contribution in [0.1, 0.15) is 48.7 Å². The zero-order valence-corrected chi connectivity index (χ0v) is 14.1. The molecule has 3 rings (SSSR count). The second kappa shape index (κ2) is 5.94. The van der Waals surface area contributed by atoms with Gasteiger partial charge in [-0.25, -0.2) is 0 Å². The molecule has 0 saturated carbocycles. The van der Waals surface area contributed by atoms with Gasteiger partial charge in [-0.1, -0.05) is 0 Å². The lowest BCUT2D eigenvalue weighted by Gasteiger charge is -2.44. The standard InChI is InChI=1S/C16H26N2O2S/c1-11-14(12(2)18(3)17-11)15(19)13-4-7-20-16(10-13)5-8-21-9-6-16/h13,15,19H,4-10H2,1-3H3. The van der Waals surface area contributed by atoms with Gasteiger partial charge in [-0.3, -0.25) is 4.68 Å². The van der Waals surface area contributed by atoms with E-state index in [-0.39, 0.29) is 5.60 Å². The first-order valence-electron chi connectivity index (χ1n) is 7.92. The molecule has 2 fully saturated rings. The second-order valence-corrected chi connectivity index (χ2v) is 7.77. The monoisotopic (exact) mass is 310 g/mol. The van der Waals surface area contributed by atoms with Crippen LogP contribution in [0.4, 0.5) is 0 Å². The average molecular weight is 310 g/mol. The summed E-state index contributed by atoms with van der Waals surface area (Å²) in [6, 6.07) is 0. The summed E-state index contributed by atoms with van der Waals surface area (Å²) in [6.07, 6.45) is 3.79. The number of ether oxygens (including phenoxy) is 1. The molecule has 2 aliphatic heterocycles. The molecular weight excluding hydrogens is 284 g/mol. The van der Waals surface area contributed by atoms with Crippen LogP contribution in [0.25, 0.3) is 0 Å². The summed E-state index contributed by atoms with van der Waals surface area (Å²) in [5, 5.41) is 15.4. The number of hydrogen-bond donors (Lipinski definition) is 1. The Kier molecular flexibility index (Phi) is 4.35. The molecule has 2 atom stereocenters. The molecule has 0 aliphatic carbocycles. The smallest absolute Gasteiger partial charge is 0.0855 e. The third-order valence-corrected chi connectivity index (χ3v) is 6.23. The van der Waals surface area contributed by atoms with Gasteiger partial charge in [-0.2, -0.15) is 16.9 Å². The lowest BCUT2D eigenvalue weighted by atomic mass is 9.77. The highest BCUT2D eigenvalue weighted by atomic mass is 32.2. The Labute approximate surface area is 131 Å². The quantitative estimate of drug-likeness (QED) is 0.912. The molecule has 1 N–H and O–H groups in total. The lowest BCUT2D eigenvalue weighted by molar-refractivity contribution is -0.121. The molecule has 21 heavy (non-hydrogen) atoms. The van der Waals surface area contributed by atoms with E-state index >= 15 is 0 Å². The first-order valence-corrected chi connectivity index (χ1v) is 9.08. The molecule has 5 heteroatoms. The molecule has 0 bridgehead atoms. The molecule has 0 radical (unpaired) electrons. The van der Waals surface area contributed by atoms with Crippen molar-refractivity contribution in [2.24, 2.45) is 13.0 Å². The summed E-state index contributed by atoms with van der Waals surface area (Å²) < 4.78 is 8.02. The van der Waals surface area contributed by atoms with Crippen LogP contribution in [0.5, 0.6) is 0 Å². The minimum absolute atomic E-state index is 0.0269. The van der Waals surface area contributed by atoms with Gasteiger partial charge in [0.15, 0.2) is 0 Å². The summed E-state index contributed by atoms with van der Waals surface area (Å²) in [5.41, 5.74) is 3.10. The summed E-state index contributed by atoms with van der Waals surface area (Å²) >= 11 is 2.02. The Balaban J connectivity index is 1.79. The minimum Gasteiger partial charge on any atom is -0.388 e. The molecule has 2 aliphatic rings. The van der Waals surface area contributed by atoms with Crippen molar-refractivity contribution in [3.63, 3.8) is 0 Å². The van der Waals surface area contributed by atoms with E-state index in [4.69, 9.17) is 4.74 Å². The first kappa shape index (κ1) is 15.4. The van der Waals surface area contributed by atoms with Crippen molar-refractivity contribution < 1.29 is 9.84 Å². The van der Waals surface area contributed by atoms with E-state index < -0.39 is 6.10 Å². The molecule has 1 aromatic heterocycles. The van der Waals surface area contributed by atoms with Crippen molar-refractivity contribution in [3.8, 4) is 0 Å². The Morgan fingerprint density at radius 2 is 2.10 bits per heavy atom. The largest absolute Gasteiger partial charge is 0.388 e. The van der Waals surface area contributed by atoms with E-state index in [0.717, 1.165) is 49.2 Å². The topological polar surface area (TPSA) is 47.3 Å². The fourth-order valence-corrected chi connectivity index (χ4v) is 5.12. The first-order chi connectivity index (χ1) is 10.0. The molecule has 1 spiro atoms. The van der Waals surface area contributed by atoms with Crippen molar-refractivity contribution in [2.75, 3.05) is 18.1 Å². The Morgan fingerprint density at radius 1 is 1.38 bits per heavy atom. The Morgan fingerprint density at radius 3 is 2.71 bits per heavy atom. The maximum absolute atomic E-state index is 10.9. The van der Waals surface area contributed by atoms with E-state index in [1.54, 1.807) is 0 Å². The van der Waals surface area contributed by atoms with Crippen molar-refractivity contribution in [1.82, 2.24) is 9.78 Å². The normalized spacial score (nSPS) is 27.0. The van der Waals surface area contributed by atoms with Crippen LogP contribution >= 0.6 is 11.8 Å². The van der Waals surface area contributed by atoms with E-state index in [0.29, 0.717) is 5.92 Å². The number of aryl methyl sites for hydroxylation is 2. The van der Waals surface area contributed by atoms with Crippen molar-refractivity contribution in [3.05, 3.63) is 17.0 Å². The van der Waals surface area contributed by atoms with Crippen LogP contribution in [0.3, 0.4) is 0 Å². The summed E-state index contributed by atoms with van der Waals surface area (Å²) in [7, 11) is 1.95. The third kappa shape index (κ3) is 2.88. The number of aromatic nitrogens is 2. The molecule has 3 heterocycles. The number of rotatable bonds is 2. The van der Waals surface area contributed by atoms with E-state index in [2.05, 4.69) is 5.10 Å². The number of aliphatic hydroxyl groups is 1. The summed E-state index contributed by atoms with van der Waals surface area (Å²) in [5.74, 6) is 2.67. The van der Waals surface area contributed by atoms with Crippen LogP contribution in [0, 0.1) is 19.8 Å². The maximum Gasteiger partial charge on any atom is 0.0855 e. The molecule has 2 unspecified atom stereocenters. The van der Waals surface area contributed by atoms with Crippen molar-refractivity contribution >= 4 is 11.8 Å². The molecule has 0 aromatic carbocycles.